The van der Waals surface area contributed by atoms with E-state index in [-0.39, 0.29) is 47.6 Å². The summed E-state index contributed by atoms with van der Waals surface area (Å²) in [4.78, 5) is 31.0. The number of benzene rings is 3. The van der Waals surface area contributed by atoms with E-state index in [9.17, 15) is 36.3 Å². The number of carbonyl (C=O) groups excluding carboxylic acids is 2. The number of halogens is 3. The second kappa shape index (κ2) is 14.3. The molecule has 0 spiro atoms. The summed E-state index contributed by atoms with van der Waals surface area (Å²) in [6, 6.07) is 16.4. The molecule has 1 aromatic heterocycles. The standard InChI is InChI=1S/C32H34F3N5O8S/c1-19(2)16-39(49(44,45)23-11-12-24-27(15-23)46-30(36)38-24)17-26(41)25(13-20-7-4-3-5-8-20)37-29(42)28-18-40(31(43)47-28)21-9-6-10-22(14-21)48-32(33,34)35/h3-12,14-15,19,25-26,28,41H,13,16-18H2,1-2H3,(H2,36,38)(H,37,42)/t25-,26+,28-/m0/s1. The van der Waals surface area contributed by atoms with E-state index in [1.54, 1.807) is 30.3 Å². The number of amides is 2. The quantitative estimate of drug-likeness (QED) is 0.184. The number of sulfonamides is 1. The lowest BCUT2D eigenvalue weighted by molar-refractivity contribution is -0.274. The lowest BCUT2D eigenvalue weighted by Crippen LogP contribution is -2.53. The average Bonchev–Trinajstić information content (AvgIpc) is 3.61. The summed E-state index contributed by atoms with van der Waals surface area (Å²) in [5, 5.41) is 14.2. The van der Waals surface area contributed by atoms with Crippen molar-refractivity contribution in [2.45, 2.75) is 49.8 Å². The molecule has 13 nitrogen and oxygen atoms in total. The molecular weight excluding hydrogens is 671 g/mol. The fourth-order valence-electron chi connectivity index (χ4n) is 5.33. The van der Waals surface area contributed by atoms with Gasteiger partial charge in [-0.05, 0) is 42.2 Å². The summed E-state index contributed by atoms with van der Waals surface area (Å²) in [6.07, 6.45) is -8.71. The Morgan fingerprint density at radius 2 is 1.86 bits per heavy atom. The summed E-state index contributed by atoms with van der Waals surface area (Å²) in [7, 11) is -4.21. The van der Waals surface area contributed by atoms with Gasteiger partial charge in [-0.1, -0.05) is 50.2 Å². The molecule has 5 rings (SSSR count). The number of oxazole rings is 1. The van der Waals surface area contributed by atoms with Crippen LogP contribution in [0.2, 0.25) is 0 Å². The van der Waals surface area contributed by atoms with Gasteiger partial charge in [0.05, 0.1) is 29.3 Å². The Labute approximate surface area is 279 Å². The van der Waals surface area contributed by atoms with E-state index in [1.165, 1.54) is 30.3 Å². The normalized spacial score (nSPS) is 16.6. The number of fused-ring (bicyclic) bond motifs is 1. The molecule has 2 heterocycles. The van der Waals surface area contributed by atoms with Crippen molar-refractivity contribution in [2.75, 3.05) is 30.3 Å². The molecule has 0 saturated carbocycles. The van der Waals surface area contributed by atoms with Crippen LogP contribution < -0.4 is 20.7 Å². The Bertz CT molecular complexity index is 1910. The topological polar surface area (TPSA) is 178 Å². The number of ether oxygens (including phenoxy) is 2. The smallest absolute Gasteiger partial charge is 0.434 e. The molecule has 17 heteroatoms. The van der Waals surface area contributed by atoms with Crippen molar-refractivity contribution in [3.63, 3.8) is 0 Å². The molecule has 0 bridgehead atoms. The second-order valence-corrected chi connectivity index (χ2v) is 13.7. The highest BCUT2D eigenvalue weighted by Gasteiger charge is 2.40. The summed E-state index contributed by atoms with van der Waals surface area (Å²) >= 11 is 0. The first-order chi connectivity index (χ1) is 23.1. The van der Waals surface area contributed by atoms with E-state index in [0.29, 0.717) is 11.1 Å². The molecule has 262 valence electrons. The number of hydrogen-bond donors (Lipinski definition) is 3. The van der Waals surface area contributed by atoms with Crippen LogP contribution in [-0.2, 0) is 26.0 Å². The van der Waals surface area contributed by atoms with Crippen LogP contribution in [0, 0.1) is 5.92 Å². The number of cyclic esters (lactones) is 1. The zero-order valence-electron chi connectivity index (χ0n) is 26.3. The third-order valence-corrected chi connectivity index (χ3v) is 9.36. The van der Waals surface area contributed by atoms with Crippen LogP contribution in [0.3, 0.4) is 0 Å². The highest BCUT2D eigenvalue weighted by atomic mass is 32.2. The first-order valence-electron chi connectivity index (χ1n) is 15.1. The summed E-state index contributed by atoms with van der Waals surface area (Å²) in [5.74, 6) is -1.52. The van der Waals surface area contributed by atoms with Crippen LogP contribution in [0.25, 0.3) is 11.1 Å². The van der Waals surface area contributed by atoms with Crippen LogP contribution in [0.15, 0.2) is 82.1 Å². The number of nitrogens with zero attached hydrogens (tertiary/aromatic N) is 3. The number of anilines is 2. The molecule has 4 N–H and O–H groups in total. The van der Waals surface area contributed by atoms with Crippen molar-refractivity contribution < 1.29 is 50.2 Å². The predicted molar refractivity (Wildman–Crippen MR) is 171 cm³/mol. The number of aliphatic hydroxyl groups is 1. The van der Waals surface area contributed by atoms with Crippen molar-refractivity contribution in [1.29, 1.82) is 0 Å². The van der Waals surface area contributed by atoms with Crippen LogP contribution in [0.4, 0.5) is 29.7 Å². The van der Waals surface area contributed by atoms with Crippen molar-refractivity contribution >= 4 is 44.8 Å². The zero-order valence-corrected chi connectivity index (χ0v) is 27.1. The molecule has 1 aliphatic heterocycles. The van der Waals surface area contributed by atoms with Gasteiger partial charge in [-0.2, -0.15) is 9.29 Å². The van der Waals surface area contributed by atoms with E-state index in [1.807, 2.05) is 13.8 Å². The van der Waals surface area contributed by atoms with E-state index in [0.717, 1.165) is 21.3 Å². The minimum Gasteiger partial charge on any atom is -0.434 e. The van der Waals surface area contributed by atoms with Gasteiger partial charge in [0, 0.05) is 25.2 Å². The van der Waals surface area contributed by atoms with E-state index >= 15 is 0 Å². The third kappa shape index (κ3) is 8.79. The largest absolute Gasteiger partial charge is 0.573 e. The first-order valence-corrected chi connectivity index (χ1v) is 16.6. The number of aromatic nitrogens is 1. The number of alkyl halides is 3. The van der Waals surface area contributed by atoms with Crippen LogP contribution in [-0.4, -0.2) is 79.1 Å². The SMILES string of the molecule is CC(C)CN(C[C@@H](O)[C@H](Cc1ccccc1)NC(=O)[C@@H]1CN(c2cccc(OC(F)(F)F)c2)C(=O)O1)S(=O)(=O)c1ccc2nc(N)oc2c1. The van der Waals surface area contributed by atoms with Crippen molar-refractivity contribution in [1.82, 2.24) is 14.6 Å². The predicted octanol–water partition coefficient (Wildman–Crippen LogP) is 4.07. The Balaban J connectivity index is 1.35. The molecule has 1 saturated heterocycles. The van der Waals surface area contributed by atoms with Gasteiger partial charge in [0.15, 0.2) is 11.7 Å². The van der Waals surface area contributed by atoms with Gasteiger partial charge in [-0.15, -0.1) is 13.2 Å². The Morgan fingerprint density at radius 3 is 2.55 bits per heavy atom. The summed E-state index contributed by atoms with van der Waals surface area (Å²) in [6.45, 7) is 2.87. The number of hydrogen-bond acceptors (Lipinski definition) is 10. The number of nitrogen functional groups attached to an aromatic ring is 1. The molecule has 0 aliphatic carbocycles. The molecule has 3 atom stereocenters. The van der Waals surface area contributed by atoms with Gasteiger partial charge in [0.25, 0.3) is 11.9 Å². The molecule has 1 fully saturated rings. The summed E-state index contributed by atoms with van der Waals surface area (Å²) in [5.41, 5.74) is 6.86. The average molecular weight is 706 g/mol. The lowest BCUT2D eigenvalue weighted by Gasteiger charge is -2.31. The Morgan fingerprint density at radius 1 is 1.12 bits per heavy atom. The summed E-state index contributed by atoms with van der Waals surface area (Å²) < 4.78 is 81.6. The van der Waals surface area contributed by atoms with Crippen molar-refractivity contribution in [3.8, 4) is 5.75 Å². The molecule has 0 unspecified atom stereocenters. The highest BCUT2D eigenvalue weighted by Crippen LogP contribution is 2.30. The van der Waals surface area contributed by atoms with Crippen LogP contribution >= 0.6 is 0 Å². The van der Waals surface area contributed by atoms with Gasteiger partial charge in [0.2, 0.25) is 10.0 Å². The van der Waals surface area contributed by atoms with E-state index in [2.05, 4.69) is 15.0 Å². The van der Waals surface area contributed by atoms with Crippen molar-refractivity contribution in [2.24, 2.45) is 5.92 Å². The Hall–Kier alpha value is -4.87. The molecule has 4 aromatic rings. The van der Waals surface area contributed by atoms with Crippen LogP contribution in [0.1, 0.15) is 19.4 Å². The zero-order chi connectivity index (χ0) is 35.5. The highest BCUT2D eigenvalue weighted by molar-refractivity contribution is 7.89. The number of nitrogens with one attached hydrogen (secondary N) is 1. The lowest BCUT2D eigenvalue weighted by atomic mass is 10.0. The second-order valence-electron chi connectivity index (χ2n) is 11.8. The monoisotopic (exact) mass is 705 g/mol. The third-order valence-electron chi connectivity index (χ3n) is 7.53. The minimum absolute atomic E-state index is 0.00339. The fourth-order valence-corrected chi connectivity index (χ4v) is 6.97. The Kier molecular flexibility index (Phi) is 10.4. The van der Waals surface area contributed by atoms with Gasteiger partial charge in [-0.25, -0.2) is 13.2 Å². The molecule has 2 amide bonds. The number of carbonyl (C=O) groups is 2. The maximum absolute atomic E-state index is 13.9. The minimum atomic E-state index is -4.95. The number of rotatable bonds is 13. The number of nitrogens with two attached hydrogens (primary N) is 1. The van der Waals surface area contributed by atoms with E-state index in [4.69, 9.17) is 14.9 Å². The number of aliphatic hydroxyl groups excluding tert-OH is 1. The van der Waals surface area contributed by atoms with Gasteiger partial charge >= 0.3 is 12.5 Å². The van der Waals surface area contributed by atoms with Gasteiger partial charge in [0.1, 0.15) is 11.3 Å². The van der Waals surface area contributed by atoms with Gasteiger partial charge < -0.3 is 30.0 Å². The molecule has 3 aromatic carbocycles. The molecule has 1 aliphatic rings. The molecule has 49 heavy (non-hydrogen) atoms. The maximum atomic E-state index is 13.9. The first kappa shape index (κ1) is 35.4. The maximum Gasteiger partial charge on any atom is 0.573 e. The van der Waals surface area contributed by atoms with Crippen molar-refractivity contribution in [3.05, 3.63) is 78.4 Å². The van der Waals surface area contributed by atoms with Gasteiger partial charge in [-0.3, -0.25) is 9.69 Å². The fraction of sp³-hybridized carbons (Fsp3) is 0.344. The van der Waals surface area contributed by atoms with E-state index < -0.39 is 58.9 Å². The molecule has 0 radical (unpaired) electrons. The molecular formula is C32H34F3N5O8S. The van der Waals surface area contributed by atoms with Crippen LogP contribution in [0.5, 0.6) is 5.75 Å².